The summed E-state index contributed by atoms with van der Waals surface area (Å²) in [4.78, 5) is 23.3. The molecular weight excluding hydrogens is 260 g/mol. The lowest BCUT2D eigenvalue weighted by atomic mass is 9.95. The van der Waals surface area contributed by atoms with Crippen molar-refractivity contribution in [3.8, 4) is 5.75 Å². The van der Waals surface area contributed by atoms with Gasteiger partial charge in [0, 0.05) is 5.56 Å². The zero-order valence-corrected chi connectivity index (χ0v) is 10.4. The normalized spacial score (nSPS) is 11.8. The molecule has 5 nitrogen and oxygen atoms in total. The highest BCUT2D eigenvalue weighted by Gasteiger charge is 2.26. The molecule has 102 valence electrons. The van der Waals surface area contributed by atoms with Crippen molar-refractivity contribution in [3.05, 3.63) is 65.2 Å². The molecule has 3 N–H and O–H groups in total. The average Bonchev–Trinajstić information content (AvgIpc) is 2.46. The Morgan fingerprint density at radius 1 is 0.950 bits per heavy atom. The summed E-state index contributed by atoms with van der Waals surface area (Å²) in [6, 6.07) is 12.0. The number of phenols is 1. The predicted molar refractivity (Wildman–Crippen MR) is 70.8 cm³/mol. The summed E-state index contributed by atoms with van der Waals surface area (Å²) >= 11 is 0. The second kappa shape index (κ2) is 5.54. The quantitative estimate of drug-likeness (QED) is 0.740. The molecule has 5 heteroatoms. The Hall–Kier alpha value is -2.66. The maximum absolute atomic E-state index is 12.2. The lowest BCUT2D eigenvalue weighted by molar-refractivity contribution is 0.0672. The number of carbonyl (C=O) groups is 2. The van der Waals surface area contributed by atoms with Crippen molar-refractivity contribution < 1.29 is 24.9 Å². The number of carboxylic acids is 1. The number of rotatable bonds is 4. The maximum Gasteiger partial charge on any atom is 0.340 e. The molecule has 0 saturated carbocycles. The first-order valence-corrected chi connectivity index (χ1v) is 5.85. The van der Waals surface area contributed by atoms with Crippen LogP contribution in [0.5, 0.6) is 5.75 Å². The van der Waals surface area contributed by atoms with Crippen molar-refractivity contribution in [1.82, 2.24) is 0 Å². The summed E-state index contributed by atoms with van der Waals surface area (Å²) < 4.78 is 0. The third-order valence-corrected chi connectivity index (χ3v) is 2.89. The molecule has 0 aromatic heterocycles. The number of Topliss-reactive ketones (excluding diaryl/α,β-unsaturated/α-hetero) is 1. The van der Waals surface area contributed by atoms with Gasteiger partial charge in [0.05, 0.1) is 0 Å². The van der Waals surface area contributed by atoms with Gasteiger partial charge in [-0.2, -0.15) is 0 Å². The third kappa shape index (κ3) is 2.53. The van der Waals surface area contributed by atoms with Crippen LogP contribution in [-0.2, 0) is 0 Å². The van der Waals surface area contributed by atoms with Crippen molar-refractivity contribution in [2.45, 2.75) is 6.10 Å². The van der Waals surface area contributed by atoms with Crippen LogP contribution >= 0.6 is 0 Å². The Morgan fingerprint density at radius 3 is 2.20 bits per heavy atom. The van der Waals surface area contributed by atoms with Crippen LogP contribution in [0.15, 0.2) is 48.5 Å². The second-order valence-electron chi connectivity index (χ2n) is 4.18. The number of aromatic carboxylic acids is 1. The smallest absolute Gasteiger partial charge is 0.340 e. The minimum atomic E-state index is -1.48. The van der Waals surface area contributed by atoms with Gasteiger partial charge in [0.2, 0.25) is 0 Å². The Bertz CT molecular complexity index is 649. The molecule has 0 heterocycles. The summed E-state index contributed by atoms with van der Waals surface area (Å²) in [7, 11) is 0. The number of benzene rings is 2. The number of aromatic hydroxyl groups is 1. The molecular formula is C15H12O5. The minimum Gasteiger partial charge on any atom is -0.507 e. The highest BCUT2D eigenvalue weighted by molar-refractivity contribution is 6.09. The first kappa shape index (κ1) is 13.8. The van der Waals surface area contributed by atoms with Crippen molar-refractivity contribution in [3.63, 3.8) is 0 Å². The van der Waals surface area contributed by atoms with E-state index in [0.29, 0.717) is 5.56 Å². The Morgan fingerprint density at radius 2 is 1.60 bits per heavy atom. The Balaban J connectivity index is 2.44. The van der Waals surface area contributed by atoms with E-state index in [-0.39, 0.29) is 5.56 Å². The fourth-order valence-electron chi connectivity index (χ4n) is 1.90. The van der Waals surface area contributed by atoms with Gasteiger partial charge in [-0.3, -0.25) is 4.79 Å². The molecule has 0 saturated heterocycles. The summed E-state index contributed by atoms with van der Waals surface area (Å²) in [5.41, 5.74) is -0.376. The average molecular weight is 272 g/mol. The van der Waals surface area contributed by atoms with Gasteiger partial charge in [0.1, 0.15) is 17.4 Å². The van der Waals surface area contributed by atoms with Crippen LogP contribution in [0.1, 0.15) is 32.4 Å². The van der Waals surface area contributed by atoms with E-state index < -0.39 is 29.2 Å². The van der Waals surface area contributed by atoms with Gasteiger partial charge in [0.25, 0.3) is 0 Å². The summed E-state index contributed by atoms with van der Waals surface area (Å²) in [5, 5.41) is 28.6. The highest BCUT2D eigenvalue weighted by atomic mass is 16.4. The number of hydrogen-bond acceptors (Lipinski definition) is 4. The SMILES string of the molecule is O=C(O)c1c(O)cccc1C(=O)C(O)c1ccccc1. The fraction of sp³-hybridized carbons (Fsp3) is 0.0667. The molecule has 0 fully saturated rings. The molecule has 1 atom stereocenters. The van der Waals surface area contributed by atoms with Gasteiger partial charge in [0.15, 0.2) is 5.78 Å². The van der Waals surface area contributed by atoms with Crippen LogP contribution in [0, 0.1) is 0 Å². The van der Waals surface area contributed by atoms with Gasteiger partial charge < -0.3 is 15.3 Å². The van der Waals surface area contributed by atoms with Crippen LogP contribution in [0.2, 0.25) is 0 Å². The first-order valence-electron chi connectivity index (χ1n) is 5.85. The van der Waals surface area contributed by atoms with Gasteiger partial charge in [-0.15, -0.1) is 0 Å². The standard InChI is InChI=1S/C15H12O5/c16-11-8-4-7-10(12(11)15(19)20)14(18)13(17)9-5-2-1-3-6-9/h1-8,13,16-17H,(H,19,20). The van der Waals surface area contributed by atoms with E-state index in [4.69, 9.17) is 5.11 Å². The summed E-state index contributed by atoms with van der Waals surface area (Å²) in [6.07, 6.45) is -1.48. The molecule has 1 unspecified atom stereocenters. The maximum atomic E-state index is 12.2. The molecule has 0 bridgehead atoms. The molecule has 0 aliphatic rings. The molecule has 0 amide bonds. The van der Waals surface area contributed by atoms with E-state index in [0.717, 1.165) is 0 Å². The number of carbonyl (C=O) groups excluding carboxylic acids is 1. The number of hydrogen-bond donors (Lipinski definition) is 3. The van der Waals surface area contributed by atoms with Crippen molar-refractivity contribution in [1.29, 1.82) is 0 Å². The highest BCUT2D eigenvalue weighted by Crippen LogP contribution is 2.26. The van der Waals surface area contributed by atoms with Crippen molar-refractivity contribution in [2.75, 3.05) is 0 Å². The molecule has 2 aromatic carbocycles. The molecule has 0 aliphatic carbocycles. The molecule has 0 aliphatic heterocycles. The predicted octanol–water partition coefficient (Wildman–Crippen LogP) is 2.01. The third-order valence-electron chi connectivity index (χ3n) is 2.89. The van der Waals surface area contributed by atoms with E-state index in [9.17, 15) is 19.8 Å². The molecule has 0 spiro atoms. The van der Waals surface area contributed by atoms with E-state index in [1.807, 2.05) is 0 Å². The minimum absolute atomic E-state index is 0.228. The first-order chi connectivity index (χ1) is 9.52. The Kier molecular flexibility index (Phi) is 3.81. The van der Waals surface area contributed by atoms with Crippen molar-refractivity contribution >= 4 is 11.8 Å². The summed E-state index contributed by atoms with van der Waals surface area (Å²) in [6.45, 7) is 0. The number of aliphatic hydroxyl groups is 1. The van der Waals surface area contributed by atoms with Crippen LogP contribution < -0.4 is 0 Å². The monoisotopic (exact) mass is 272 g/mol. The van der Waals surface area contributed by atoms with E-state index in [1.165, 1.54) is 18.2 Å². The van der Waals surface area contributed by atoms with Crippen LogP contribution in [0.4, 0.5) is 0 Å². The molecule has 20 heavy (non-hydrogen) atoms. The number of ketones is 1. The lowest BCUT2D eigenvalue weighted by Gasteiger charge is -2.12. The largest absolute Gasteiger partial charge is 0.507 e. The van der Waals surface area contributed by atoms with Crippen LogP contribution in [0.3, 0.4) is 0 Å². The van der Waals surface area contributed by atoms with Gasteiger partial charge in [-0.1, -0.05) is 42.5 Å². The van der Waals surface area contributed by atoms with Crippen LogP contribution in [-0.4, -0.2) is 27.1 Å². The van der Waals surface area contributed by atoms with Crippen LogP contribution in [0.25, 0.3) is 0 Å². The number of aliphatic hydroxyl groups excluding tert-OH is 1. The van der Waals surface area contributed by atoms with E-state index in [2.05, 4.69) is 0 Å². The summed E-state index contributed by atoms with van der Waals surface area (Å²) in [5.74, 6) is -2.71. The topological polar surface area (TPSA) is 94.8 Å². The van der Waals surface area contributed by atoms with Crippen molar-refractivity contribution in [2.24, 2.45) is 0 Å². The zero-order chi connectivity index (χ0) is 14.7. The van der Waals surface area contributed by atoms with Gasteiger partial charge >= 0.3 is 5.97 Å². The zero-order valence-electron chi connectivity index (χ0n) is 10.4. The number of carboxylic acid groups (broad SMARTS) is 1. The lowest BCUT2D eigenvalue weighted by Crippen LogP contribution is -2.16. The molecule has 2 aromatic rings. The van der Waals surface area contributed by atoms with E-state index in [1.54, 1.807) is 30.3 Å². The Labute approximate surface area is 114 Å². The van der Waals surface area contributed by atoms with Gasteiger partial charge in [-0.05, 0) is 11.6 Å². The molecule has 0 radical (unpaired) electrons. The van der Waals surface area contributed by atoms with E-state index >= 15 is 0 Å². The molecule has 2 rings (SSSR count). The second-order valence-corrected chi connectivity index (χ2v) is 4.18. The fourth-order valence-corrected chi connectivity index (χ4v) is 1.90. The van der Waals surface area contributed by atoms with Gasteiger partial charge in [-0.25, -0.2) is 4.79 Å².